The fourth-order valence-corrected chi connectivity index (χ4v) is 4.04. The molecule has 150 valence electrons. The van der Waals surface area contributed by atoms with Crippen LogP contribution in [0.1, 0.15) is 53.3 Å². The molecular weight excluding hydrogens is 405 g/mol. The Hall–Kier alpha value is -2.08. The van der Waals surface area contributed by atoms with Gasteiger partial charge < -0.3 is 0 Å². The van der Waals surface area contributed by atoms with E-state index in [2.05, 4.69) is 20.8 Å². The molecule has 8 nitrogen and oxygen atoms in total. The van der Waals surface area contributed by atoms with Crippen LogP contribution in [0, 0.1) is 5.82 Å². The second-order valence-corrected chi connectivity index (χ2v) is 10.8. The lowest BCUT2D eigenvalue weighted by atomic mass is 10.3. The molecule has 28 heavy (non-hydrogen) atoms. The van der Waals surface area contributed by atoms with Crippen LogP contribution in [0.15, 0.2) is 36.7 Å². The summed E-state index contributed by atoms with van der Waals surface area (Å²) in [7, 11) is -3.84. The predicted octanol–water partition coefficient (Wildman–Crippen LogP) is 2.01. The Morgan fingerprint density at radius 2 is 1.93 bits per heavy atom. The first-order valence-electron chi connectivity index (χ1n) is 8.37. The van der Waals surface area contributed by atoms with Crippen LogP contribution in [0.3, 0.4) is 0 Å². The van der Waals surface area contributed by atoms with Gasteiger partial charge in [0, 0.05) is 11.8 Å². The van der Waals surface area contributed by atoms with E-state index < -0.39 is 26.5 Å². The van der Waals surface area contributed by atoms with Gasteiger partial charge in [-0.1, -0.05) is 6.07 Å². The van der Waals surface area contributed by atoms with Crippen LogP contribution in [0.4, 0.5) is 4.39 Å². The highest BCUT2D eigenvalue weighted by Gasteiger charge is 2.32. The highest BCUT2D eigenvalue weighted by Crippen LogP contribution is 2.40. The van der Waals surface area contributed by atoms with Gasteiger partial charge in [0.15, 0.2) is 0 Å². The maximum Gasteiger partial charge on any atom is 0.283 e. The number of amides is 1. The van der Waals surface area contributed by atoms with Crippen molar-refractivity contribution in [2.45, 2.75) is 36.3 Å². The summed E-state index contributed by atoms with van der Waals surface area (Å²) in [6, 6.07) is 6.17. The quantitative estimate of drug-likeness (QED) is 0.682. The molecule has 11 heteroatoms. The zero-order valence-corrected chi connectivity index (χ0v) is 17.1. The highest BCUT2D eigenvalue weighted by atomic mass is 32.2. The molecule has 0 bridgehead atoms. The first-order valence-corrected chi connectivity index (χ1v) is 10.8. The zero-order valence-electron chi connectivity index (χ0n) is 15.4. The summed E-state index contributed by atoms with van der Waals surface area (Å²) in [5.41, 5.74) is 7.23. The molecule has 0 spiro atoms. The number of hydrogen-bond acceptors (Lipinski definition) is 8. The molecular formula is C17H20FN5O3S2. The number of carbonyl (C=O) groups is 1. The summed E-state index contributed by atoms with van der Waals surface area (Å²) < 4.78 is 38.7. The van der Waals surface area contributed by atoms with E-state index >= 15 is 0 Å². The number of thioether (sulfide) groups is 1. The van der Waals surface area contributed by atoms with Crippen molar-refractivity contribution in [1.82, 2.24) is 25.5 Å². The minimum atomic E-state index is -3.84. The molecule has 3 heterocycles. The number of carbonyl (C=O) groups excluding carboxylic acids is 1. The maximum atomic E-state index is 13.4. The molecule has 0 radical (unpaired) electrons. The van der Waals surface area contributed by atoms with E-state index in [1.165, 1.54) is 44.7 Å². The van der Waals surface area contributed by atoms with E-state index in [1.807, 2.05) is 4.72 Å². The molecule has 1 fully saturated rings. The number of nitrogens with one attached hydrogen (secondary N) is 3. The standard InChI is InChI=1S/C17H20FN5O3S2/c1-17(2,3)28(25,26)23-14(24)12-5-4-6-13(20-12)16-22-21-15(27-16)10-7-11(18)9-19-8-10/h4-9,15-16,21-22H,1-3H3,(H,23,24). The Morgan fingerprint density at radius 1 is 1.21 bits per heavy atom. The van der Waals surface area contributed by atoms with Gasteiger partial charge in [-0.2, -0.15) is 0 Å². The van der Waals surface area contributed by atoms with Gasteiger partial charge in [0.2, 0.25) is 10.0 Å². The van der Waals surface area contributed by atoms with Crippen LogP contribution in [0.2, 0.25) is 0 Å². The van der Waals surface area contributed by atoms with Gasteiger partial charge >= 0.3 is 0 Å². The van der Waals surface area contributed by atoms with Gasteiger partial charge in [-0.3, -0.25) is 9.78 Å². The number of rotatable bonds is 4. The number of aromatic nitrogens is 2. The Balaban J connectivity index is 1.74. The molecule has 1 saturated heterocycles. The number of nitrogens with zero attached hydrogens (tertiary/aromatic N) is 2. The molecule has 1 aliphatic rings. The number of pyridine rings is 2. The average molecular weight is 426 g/mol. The topological polar surface area (TPSA) is 113 Å². The van der Waals surface area contributed by atoms with Crippen LogP contribution >= 0.6 is 11.8 Å². The first kappa shape index (κ1) is 20.6. The second-order valence-electron chi connectivity index (χ2n) is 7.12. The van der Waals surface area contributed by atoms with Crippen LogP contribution in [0.5, 0.6) is 0 Å². The minimum absolute atomic E-state index is 0.0106. The molecule has 2 atom stereocenters. The molecule has 2 unspecified atom stereocenters. The van der Waals surface area contributed by atoms with Gasteiger partial charge in [-0.05, 0) is 39.0 Å². The zero-order chi connectivity index (χ0) is 20.5. The largest absolute Gasteiger partial charge is 0.283 e. The normalized spacial score (nSPS) is 20.1. The molecule has 3 rings (SSSR count). The number of hydrazine groups is 1. The summed E-state index contributed by atoms with van der Waals surface area (Å²) >= 11 is 1.42. The predicted molar refractivity (Wildman–Crippen MR) is 104 cm³/mol. The van der Waals surface area contributed by atoms with E-state index in [1.54, 1.807) is 18.3 Å². The van der Waals surface area contributed by atoms with Crippen molar-refractivity contribution < 1.29 is 17.6 Å². The van der Waals surface area contributed by atoms with Crippen molar-refractivity contribution in [3.8, 4) is 0 Å². The van der Waals surface area contributed by atoms with Gasteiger partial charge in [-0.15, -0.1) is 11.8 Å². The van der Waals surface area contributed by atoms with Crippen LogP contribution in [0.25, 0.3) is 0 Å². The molecule has 1 amide bonds. The maximum absolute atomic E-state index is 13.4. The monoisotopic (exact) mass is 425 g/mol. The fourth-order valence-electron chi connectivity index (χ4n) is 2.28. The molecule has 0 aliphatic carbocycles. The SMILES string of the molecule is CC(C)(C)S(=O)(=O)NC(=O)c1cccc(C2NNC(c3cncc(F)c3)S2)n1. The molecule has 2 aromatic heterocycles. The van der Waals surface area contributed by atoms with E-state index in [0.29, 0.717) is 11.3 Å². The number of sulfonamides is 1. The van der Waals surface area contributed by atoms with Crippen molar-refractivity contribution in [1.29, 1.82) is 0 Å². The van der Waals surface area contributed by atoms with Crippen molar-refractivity contribution in [2.24, 2.45) is 0 Å². The molecule has 0 aromatic carbocycles. The number of hydrogen-bond donors (Lipinski definition) is 3. The molecule has 2 aromatic rings. The van der Waals surface area contributed by atoms with Crippen LogP contribution in [-0.2, 0) is 10.0 Å². The smallest absolute Gasteiger partial charge is 0.266 e. The average Bonchev–Trinajstić information content (AvgIpc) is 3.11. The third kappa shape index (κ3) is 4.49. The van der Waals surface area contributed by atoms with Crippen LogP contribution < -0.4 is 15.6 Å². The lowest BCUT2D eigenvalue weighted by Gasteiger charge is -2.19. The lowest BCUT2D eigenvalue weighted by Crippen LogP contribution is -2.42. The Morgan fingerprint density at radius 3 is 2.61 bits per heavy atom. The van der Waals surface area contributed by atoms with Crippen molar-refractivity contribution in [2.75, 3.05) is 0 Å². The van der Waals surface area contributed by atoms with Gasteiger partial charge in [-0.25, -0.2) is 33.4 Å². The Labute approximate surface area is 166 Å². The summed E-state index contributed by atoms with van der Waals surface area (Å²) in [5, 5.41) is -0.575. The summed E-state index contributed by atoms with van der Waals surface area (Å²) in [5.74, 6) is -1.22. The second kappa shape index (κ2) is 7.74. The summed E-state index contributed by atoms with van der Waals surface area (Å²) in [6.07, 6.45) is 2.69. The molecule has 0 saturated carbocycles. The van der Waals surface area contributed by atoms with Gasteiger partial charge in [0.25, 0.3) is 5.91 Å². The Bertz CT molecular complexity index is 994. The van der Waals surface area contributed by atoms with E-state index in [4.69, 9.17) is 0 Å². The highest BCUT2D eigenvalue weighted by molar-refractivity contribution is 7.99. The van der Waals surface area contributed by atoms with Gasteiger partial charge in [0.05, 0.1) is 22.0 Å². The van der Waals surface area contributed by atoms with Crippen molar-refractivity contribution >= 4 is 27.7 Å². The van der Waals surface area contributed by atoms with Crippen molar-refractivity contribution in [3.05, 3.63) is 59.4 Å². The van der Waals surface area contributed by atoms with E-state index in [0.717, 1.165) is 6.20 Å². The summed E-state index contributed by atoms with van der Waals surface area (Å²) in [4.78, 5) is 20.5. The van der Waals surface area contributed by atoms with Gasteiger partial charge in [0.1, 0.15) is 16.9 Å². The third-order valence-corrected chi connectivity index (χ3v) is 7.31. The molecule has 1 aliphatic heterocycles. The van der Waals surface area contributed by atoms with Crippen molar-refractivity contribution in [3.63, 3.8) is 0 Å². The van der Waals surface area contributed by atoms with E-state index in [9.17, 15) is 17.6 Å². The fraction of sp³-hybridized carbons (Fsp3) is 0.353. The van der Waals surface area contributed by atoms with Crippen LogP contribution in [-0.4, -0.2) is 29.0 Å². The summed E-state index contributed by atoms with van der Waals surface area (Å²) in [6.45, 7) is 4.50. The third-order valence-electron chi connectivity index (χ3n) is 3.95. The lowest BCUT2D eigenvalue weighted by molar-refractivity contribution is 0.0975. The first-order chi connectivity index (χ1) is 13.1. The Kier molecular flexibility index (Phi) is 5.71. The van der Waals surface area contributed by atoms with E-state index in [-0.39, 0.29) is 16.4 Å². The number of halogens is 1. The molecule has 3 N–H and O–H groups in total. The minimum Gasteiger partial charge on any atom is -0.266 e.